The number of amides is 2. The Hall–Kier alpha value is -3.64. The zero-order valence-corrected chi connectivity index (χ0v) is 22.4. The van der Waals surface area contributed by atoms with Gasteiger partial charge in [0, 0.05) is 36.8 Å². The summed E-state index contributed by atoms with van der Waals surface area (Å²) in [6, 6.07) is 17.1. The standard InChI is InChI=1S/C29H27F3N4O3S/c1-40(38)27-11-7-20(29(30,31)32)16-26(27)35-28(37)34-25-10-9-22(23-4-2-3-5-24(23)25)19-6-8-21(33-17-19)18-36-12-14-39-15-13-36/h2-11,16-17H,12-15,18H2,1H3,(H2,34,35,37). The van der Waals surface area contributed by atoms with Crippen molar-refractivity contribution in [3.8, 4) is 11.1 Å². The third-order valence-electron chi connectivity index (χ3n) is 6.66. The lowest BCUT2D eigenvalue weighted by Crippen LogP contribution is -2.35. The van der Waals surface area contributed by atoms with Gasteiger partial charge in [0.2, 0.25) is 0 Å². The molecule has 1 unspecified atom stereocenters. The molecule has 2 N–H and O–H groups in total. The number of halogens is 3. The van der Waals surface area contributed by atoms with E-state index in [9.17, 15) is 22.5 Å². The molecule has 1 aliphatic rings. The van der Waals surface area contributed by atoms with Crippen LogP contribution in [0.1, 0.15) is 11.3 Å². The Morgan fingerprint density at radius 1 is 1.00 bits per heavy atom. The van der Waals surface area contributed by atoms with E-state index in [1.165, 1.54) is 6.26 Å². The number of nitrogens with zero attached hydrogens (tertiary/aromatic N) is 2. The van der Waals surface area contributed by atoms with Crippen LogP contribution >= 0.6 is 0 Å². The number of carbonyl (C=O) groups excluding carboxylic acids is 1. The smallest absolute Gasteiger partial charge is 0.416 e. The van der Waals surface area contributed by atoms with Crippen molar-refractivity contribution in [3.63, 3.8) is 0 Å². The topological polar surface area (TPSA) is 89.5 Å². The van der Waals surface area contributed by atoms with Crippen molar-refractivity contribution < 1.29 is 27.3 Å². The summed E-state index contributed by atoms with van der Waals surface area (Å²) in [6.07, 6.45) is -1.44. The van der Waals surface area contributed by atoms with E-state index in [4.69, 9.17) is 4.74 Å². The first-order valence-electron chi connectivity index (χ1n) is 12.6. The van der Waals surface area contributed by atoms with Gasteiger partial charge in [-0.1, -0.05) is 36.4 Å². The third-order valence-corrected chi connectivity index (χ3v) is 7.64. The zero-order valence-electron chi connectivity index (χ0n) is 21.6. The van der Waals surface area contributed by atoms with E-state index in [-0.39, 0.29) is 10.6 Å². The first kappa shape index (κ1) is 27.9. The van der Waals surface area contributed by atoms with Gasteiger partial charge < -0.3 is 19.9 Å². The molecular formula is C29H27F3N4O3S. The highest BCUT2D eigenvalue weighted by Crippen LogP contribution is 2.35. The maximum Gasteiger partial charge on any atom is 0.416 e. The summed E-state index contributed by atoms with van der Waals surface area (Å²) in [5.41, 5.74) is 2.16. The van der Waals surface area contributed by atoms with Crippen LogP contribution in [0, 0.1) is 0 Å². The van der Waals surface area contributed by atoms with E-state index >= 15 is 0 Å². The third kappa shape index (κ3) is 6.39. The van der Waals surface area contributed by atoms with Gasteiger partial charge in [-0.15, -0.1) is 0 Å². The fraction of sp³-hybridized carbons (Fsp3) is 0.241. The summed E-state index contributed by atoms with van der Waals surface area (Å²) in [4.78, 5) is 19.9. The second-order valence-corrected chi connectivity index (χ2v) is 10.7. The lowest BCUT2D eigenvalue weighted by molar-refractivity contribution is -0.137. The van der Waals surface area contributed by atoms with Gasteiger partial charge in [0.25, 0.3) is 0 Å². The van der Waals surface area contributed by atoms with Crippen LogP contribution in [-0.2, 0) is 28.6 Å². The van der Waals surface area contributed by atoms with Crippen LogP contribution in [0.15, 0.2) is 77.8 Å². The van der Waals surface area contributed by atoms with Crippen LogP contribution in [0.5, 0.6) is 0 Å². The summed E-state index contributed by atoms with van der Waals surface area (Å²) in [5.74, 6) is 0. The van der Waals surface area contributed by atoms with Crippen molar-refractivity contribution in [3.05, 3.63) is 84.2 Å². The highest BCUT2D eigenvalue weighted by Gasteiger charge is 2.32. The quantitative estimate of drug-likeness (QED) is 0.273. The second kappa shape index (κ2) is 11.8. The average molecular weight is 569 g/mol. The minimum atomic E-state index is -4.61. The number of fused-ring (bicyclic) bond motifs is 1. The van der Waals surface area contributed by atoms with Crippen molar-refractivity contribution in [1.82, 2.24) is 9.88 Å². The number of ether oxygens (including phenoxy) is 1. The Morgan fingerprint density at radius 3 is 2.40 bits per heavy atom. The molecule has 0 saturated carbocycles. The number of pyridine rings is 1. The molecule has 40 heavy (non-hydrogen) atoms. The number of hydrogen-bond acceptors (Lipinski definition) is 5. The number of rotatable bonds is 6. The molecule has 0 aliphatic carbocycles. The number of benzene rings is 3. The SMILES string of the molecule is C[S+]([O-])c1ccc(C(F)(F)F)cc1NC(=O)Nc1ccc(-c2ccc(CN3CCOCC3)nc2)c2ccccc12. The maximum atomic E-state index is 13.2. The number of carbonyl (C=O) groups is 1. The van der Waals surface area contributed by atoms with Crippen LogP contribution in [0.4, 0.5) is 29.3 Å². The van der Waals surface area contributed by atoms with Gasteiger partial charge >= 0.3 is 12.2 Å². The molecule has 1 atom stereocenters. The van der Waals surface area contributed by atoms with Gasteiger partial charge in [0.15, 0.2) is 4.90 Å². The molecule has 1 fully saturated rings. The van der Waals surface area contributed by atoms with Crippen molar-refractivity contribution >= 4 is 39.4 Å². The minimum absolute atomic E-state index is 0.0907. The molecule has 2 amide bonds. The number of anilines is 2. The molecule has 1 aliphatic heterocycles. The predicted octanol–water partition coefficient (Wildman–Crippen LogP) is 6.13. The second-order valence-electron chi connectivity index (χ2n) is 9.37. The van der Waals surface area contributed by atoms with Gasteiger partial charge in [-0.3, -0.25) is 9.88 Å². The summed E-state index contributed by atoms with van der Waals surface area (Å²) in [6.45, 7) is 3.95. The molecular weight excluding hydrogens is 541 g/mol. The highest BCUT2D eigenvalue weighted by atomic mass is 32.2. The van der Waals surface area contributed by atoms with Crippen LogP contribution in [0.25, 0.3) is 21.9 Å². The fourth-order valence-corrected chi connectivity index (χ4v) is 5.34. The van der Waals surface area contributed by atoms with Gasteiger partial charge in [0.1, 0.15) is 6.26 Å². The molecule has 3 aromatic carbocycles. The van der Waals surface area contributed by atoms with Crippen molar-refractivity contribution in [2.24, 2.45) is 0 Å². The van der Waals surface area contributed by atoms with Gasteiger partial charge in [-0.05, 0) is 52.5 Å². The molecule has 1 saturated heterocycles. The lowest BCUT2D eigenvalue weighted by Gasteiger charge is -2.26. The zero-order chi connectivity index (χ0) is 28.3. The van der Waals surface area contributed by atoms with Crippen molar-refractivity contribution in [1.29, 1.82) is 0 Å². The molecule has 2 heterocycles. The highest BCUT2D eigenvalue weighted by molar-refractivity contribution is 7.90. The minimum Gasteiger partial charge on any atom is -0.612 e. The number of hydrogen-bond donors (Lipinski definition) is 2. The number of nitrogens with one attached hydrogen (secondary N) is 2. The van der Waals surface area contributed by atoms with Crippen LogP contribution < -0.4 is 10.6 Å². The summed E-state index contributed by atoms with van der Waals surface area (Å²) in [5, 5.41) is 6.79. The number of alkyl halides is 3. The Morgan fingerprint density at radius 2 is 1.73 bits per heavy atom. The summed E-state index contributed by atoms with van der Waals surface area (Å²) in [7, 11) is 0. The van der Waals surface area contributed by atoms with Gasteiger partial charge in [0.05, 0.1) is 35.8 Å². The first-order valence-corrected chi connectivity index (χ1v) is 14.1. The maximum absolute atomic E-state index is 13.2. The Kier molecular flexibility index (Phi) is 8.27. The van der Waals surface area contributed by atoms with Crippen LogP contribution in [0.2, 0.25) is 0 Å². The number of urea groups is 1. The van der Waals surface area contributed by atoms with Crippen molar-refractivity contribution in [2.75, 3.05) is 43.2 Å². The van der Waals surface area contributed by atoms with Crippen molar-refractivity contribution in [2.45, 2.75) is 17.6 Å². The number of morpholine rings is 1. The molecule has 7 nitrogen and oxygen atoms in total. The molecule has 208 valence electrons. The van der Waals surface area contributed by atoms with E-state index in [1.54, 1.807) is 6.07 Å². The summed E-state index contributed by atoms with van der Waals surface area (Å²) < 4.78 is 57.2. The van der Waals surface area contributed by atoms with E-state index in [0.717, 1.165) is 78.6 Å². The molecule has 4 aromatic rings. The van der Waals surface area contributed by atoms with Gasteiger partial charge in [-0.2, -0.15) is 13.2 Å². The largest absolute Gasteiger partial charge is 0.612 e. The number of aromatic nitrogens is 1. The molecule has 0 spiro atoms. The Balaban J connectivity index is 1.37. The Labute approximate surface area is 232 Å². The van der Waals surface area contributed by atoms with Crippen LogP contribution in [0.3, 0.4) is 0 Å². The molecule has 11 heteroatoms. The monoisotopic (exact) mass is 568 g/mol. The summed E-state index contributed by atoms with van der Waals surface area (Å²) >= 11 is -1.61. The molecule has 1 aromatic heterocycles. The van der Waals surface area contributed by atoms with Crippen LogP contribution in [-0.4, -0.2) is 53.0 Å². The average Bonchev–Trinajstić information content (AvgIpc) is 2.94. The molecule has 5 rings (SSSR count). The van der Waals surface area contributed by atoms with E-state index in [0.29, 0.717) is 5.69 Å². The molecule has 0 radical (unpaired) electrons. The van der Waals surface area contributed by atoms with Gasteiger partial charge in [-0.25, -0.2) is 4.79 Å². The van der Waals surface area contributed by atoms with E-state index < -0.39 is 28.9 Å². The fourth-order valence-electron chi connectivity index (χ4n) is 4.66. The van der Waals surface area contributed by atoms with E-state index in [1.807, 2.05) is 48.7 Å². The Bertz CT molecular complexity index is 1510. The molecule has 0 bridgehead atoms. The van der Waals surface area contributed by atoms with E-state index in [2.05, 4.69) is 20.5 Å². The predicted molar refractivity (Wildman–Crippen MR) is 150 cm³/mol. The normalized spacial score (nSPS) is 15.1. The lowest BCUT2D eigenvalue weighted by atomic mass is 9.98. The first-order chi connectivity index (χ1) is 19.2.